The Hall–Kier alpha value is -0.840. The Labute approximate surface area is 119 Å². The fraction of sp³-hybridized carbons (Fsp3) is 0.643. The molecule has 1 saturated heterocycles. The molecule has 4 nitrogen and oxygen atoms in total. The molecule has 2 unspecified atom stereocenters. The second-order valence-corrected chi connectivity index (χ2v) is 5.21. The van der Waals surface area contributed by atoms with Crippen LogP contribution in [-0.4, -0.2) is 38.2 Å². The Bertz CT molecular complexity index is 388. The average Bonchev–Trinajstić information content (AvgIpc) is 2.88. The number of allylic oxidation sites excluding steroid dienone is 1. The van der Waals surface area contributed by atoms with Crippen molar-refractivity contribution in [1.29, 1.82) is 0 Å². The molecule has 0 aromatic carbocycles. The van der Waals surface area contributed by atoms with Crippen molar-refractivity contribution in [3.8, 4) is 0 Å². The number of halogens is 1. The van der Waals surface area contributed by atoms with Gasteiger partial charge < -0.3 is 14.8 Å². The summed E-state index contributed by atoms with van der Waals surface area (Å²) in [5.74, 6) is 0.632. The van der Waals surface area contributed by atoms with Crippen LogP contribution in [0.4, 0.5) is 0 Å². The molecule has 2 aliphatic heterocycles. The summed E-state index contributed by atoms with van der Waals surface area (Å²) in [4.78, 5) is 12.2. The van der Waals surface area contributed by atoms with Crippen LogP contribution >= 0.6 is 12.4 Å². The monoisotopic (exact) mass is 285 g/mol. The predicted molar refractivity (Wildman–Crippen MR) is 74.3 cm³/mol. The lowest BCUT2D eigenvalue weighted by atomic mass is 9.88. The number of hydrogen-bond donors (Lipinski definition) is 1. The van der Waals surface area contributed by atoms with E-state index in [4.69, 9.17) is 9.47 Å². The maximum absolute atomic E-state index is 12.2. The highest BCUT2D eigenvalue weighted by Crippen LogP contribution is 2.28. The number of Topliss-reactive ketones (excluding diaryl/α,β-unsaturated/α-hetero) is 1. The molecule has 0 saturated carbocycles. The molecule has 19 heavy (non-hydrogen) atoms. The Morgan fingerprint density at radius 1 is 1.37 bits per heavy atom. The van der Waals surface area contributed by atoms with Crippen molar-refractivity contribution in [3.63, 3.8) is 0 Å². The third-order valence-corrected chi connectivity index (χ3v) is 3.94. The molecule has 1 fully saturated rings. The maximum atomic E-state index is 12.2. The van der Waals surface area contributed by atoms with E-state index in [9.17, 15) is 4.79 Å². The number of carbonyl (C=O) groups excluding carboxylic acids is 1. The van der Waals surface area contributed by atoms with Crippen LogP contribution in [0.3, 0.4) is 0 Å². The second-order valence-electron chi connectivity index (χ2n) is 5.21. The van der Waals surface area contributed by atoms with Crippen LogP contribution in [-0.2, 0) is 14.3 Å². The molecule has 1 aliphatic carbocycles. The molecule has 0 spiro atoms. The highest BCUT2D eigenvalue weighted by Gasteiger charge is 2.35. The molecule has 0 amide bonds. The molecule has 0 radical (unpaired) electrons. The molecule has 3 aliphatic rings. The average molecular weight is 286 g/mol. The van der Waals surface area contributed by atoms with Gasteiger partial charge in [-0.2, -0.15) is 0 Å². The Morgan fingerprint density at radius 2 is 2.16 bits per heavy atom. The van der Waals surface area contributed by atoms with Crippen molar-refractivity contribution in [1.82, 2.24) is 5.32 Å². The van der Waals surface area contributed by atoms with Crippen LogP contribution < -0.4 is 5.32 Å². The zero-order valence-electron chi connectivity index (χ0n) is 10.8. The van der Waals surface area contributed by atoms with Gasteiger partial charge >= 0.3 is 0 Å². The number of carbonyl (C=O) groups is 1. The number of ketones is 1. The number of rotatable bonds is 3. The molecule has 0 aromatic heterocycles. The molecule has 0 aromatic rings. The van der Waals surface area contributed by atoms with E-state index < -0.39 is 0 Å². The lowest BCUT2D eigenvalue weighted by Crippen LogP contribution is -2.36. The summed E-state index contributed by atoms with van der Waals surface area (Å²) in [5, 5.41) is 3.33. The SMILES string of the molecule is Cl.O=C1C(OCC2CCNCC2)C=CC2=COCC12. The maximum Gasteiger partial charge on any atom is 0.176 e. The highest BCUT2D eigenvalue weighted by molar-refractivity contribution is 5.92. The molecule has 0 bridgehead atoms. The van der Waals surface area contributed by atoms with E-state index in [1.54, 1.807) is 6.26 Å². The summed E-state index contributed by atoms with van der Waals surface area (Å²) in [7, 11) is 0. The molecule has 106 valence electrons. The Balaban J connectivity index is 0.00000133. The molecule has 2 heterocycles. The number of fused-ring (bicyclic) bond motifs is 1. The predicted octanol–water partition coefficient (Wildman–Crippen LogP) is 1.46. The van der Waals surface area contributed by atoms with Crippen molar-refractivity contribution in [2.45, 2.75) is 18.9 Å². The van der Waals surface area contributed by atoms with Crippen LogP contribution in [0.5, 0.6) is 0 Å². The number of hydrogen-bond acceptors (Lipinski definition) is 4. The zero-order chi connectivity index (χ0) is 12.4. The lowest BCUT2D eigenvalue weighted by Gasteiger charge is -2.26. The van der Waals surface area contributed by atoms with Gasteiger partial charge in [-0.05, 0) is 37.9 Å². The first-order chi connectivity index (χ1) is 8.84. The van der Waals surface area contributed by atoms with Crippen molar-refractivity contribution in [2.75, 3.05) is 26.3 Å². The van der Waals surface area contributed by atoms with Gasteiger partial charge in [0.15, 0.2) is 5.78 Å². The van der Waals surface area contributed by atoms with E-state index in [2.05, 4.69) is 5.32 Å². The van der Waals surface area contributed by atoms with Gasteiger partial charge in [-0.1, -0.05) is 6.08 Å². The van der Waals surface area contributed by atoms with Crippen molar-refractivity contribution < 1.29 is 14.3 Å². The quantitative estimate of drug-likeness (QED) is 0.853. The fourth-order valence-corrected chi connectivity index (χ4v) is 2.74. The summed E-state index contributed by atoms with van der Waals surface area (Å²) < 4.78 is 11.0. The van der Waals surface area contributed by atoms with Crippen LogP contribution in [0.2, 0.25) is 0 Å². The van der Waals surface area contributed by atoms with Gasteiger partial charge in [-0.15, -0.1) is 12.4 Å². The van der Waals surface area contributed by atoms with E-state index in [1.165, 1.54) is 0 Å². The fourth-order valence-electron chi connectivity index (χ4n) is 2.74. The van der Waals surface area contributed by atoms with E-state index in [1.807, 2.05) is 12.2 Å². The van der Waals surface area contributed by atoms with E-state index >= 15 is 0 Å². The first-order valence-electron chi connectivity index (χ1n) is 6.70. The zero-order valence-corrected chi connectivity index (χ0v) is 11.7. The van der Waals surface area contributed by atoms with Gasteiger partial charge in [0, 0.05) is 5.57 Å². The Morgan fingerprint density at radius 3 is 2.95 bits per heavy atom. The largest absolute Gasteiger partial charge is 0.500 e. The van der Waals surface area contributed by atoms with Crippen LogP contribution in [0, 0.1) is 11.8 Å². The second kappa shape index (κ2) is 6.55. The lowest BCUT2D eigenvalue weighted by molar-refractivity contribution is -0.132. The van der Waals surface area contributed by atoms with E-state index in [-0.39, 0.29) is 30.2 Å². The van der Waals surface area contributed by atoms with Crippen LogP contribution in [0.1, 0.15) is 12.8 Å². The summed E-state index contributed by atoms with van der Waals surface area (Å²) in [5.41, 5.74) is 0.988. The van der Waals surface area contributed by atoms with Gasteiger partial charge in [0.25, 0.3) is 0 Å². The van der Waals surface area contributed by atoms with Crippen LogP contribution in [0.15, 0.2) is 24.0 Å². The first-order valence-corrected chi connectivity index (χ1v) is 6.70. The van der Waals surface area contributed by atoms with Gasteiger partial charge in [0.1, 0.15) is 12.7 Å². The number of piperidine rings is 1. The minimum atomic E-state index is -0.372. The standard InChI is InChI=1S/C14H19NO3.ClH/c16-14-12-9-17-8-11(12)1-2-13(14)18-7-10-3-5-15-6-4-10;/h1-2,8,10,12-13,15H,3-7,9H2;1H. The smallest absolute Gasteiger partial charge is 0.176 e. The number of ether oxygens (including phenoxy) is 2. The van der Waals surface area contributed by atoms with E-state index in [0.717, 1.165) is 31.5 Å². The van der Waals surface area contributed by atoms with E-state index in [0.29, 0.717) is 19.1 Å². The summed E-state index contributed by atoms with van der Waals surface area (Å²) >= 11 is 0. The van der Waals surface area contributed by atoms with Gasteiger partial charge in [-0.25, -0.2) is 0 Å². The third-order valence-electron chi connectivity index (χ3n) is 3.94. The molecule has 2 atom stereocenters. The molecule has 1 N–H and O–H groups in total. The highest BCUT2D eigenvalue weighted by atomic mass is 35.5. The minimum Gasteiger partial charge on any atom is -0.500 e. The van der Waals surface area contributed by atoms with Gasteiger partial charge in [0.05, 0.1) is 18.8 Å². The van der Waals surface area contributed by atoms with Gasteiger partial charge in [-0.3, -0.25) is 4.79 Å². The third kappa shape index (κ3) is 3.19. The number of nitrogens with one attached hydrogen (secondary N) is 1. The molecular weight excluding hydrogens is 266 g/mol. The molecule has 5 heteroatoms. The molecule has 3 rings (SSSR count). The molecular formula is C14H20ClNO3. The van der Waals surface area contributed by atoms with Crippen molar-refractivity contribution in [2.24, 2.45) is 11.8 Å². The van der Waals surface area contributed by atoms with Crippen LogP contribution in [0.25, 0.3) is 0 Å². The topological polar surface area (TPSA) is 47.6 Å². The first kappa shape index (κ1) is 14.6. The Kier molecular flexibility index (Phi) is 5.02. The van der Waals surface area contributed by atoms with Gasteiger partial charge in [0.2, 0.25) is 0 Å². The summed E-state index contributed by atoms with van der Waals surface area (Å²) in [6.07, 6.45) is 7.42. The normalized spacial score (nSPS) is 30.3. The minimum absolute atomic E-state index is 0. The summed E-state index contributed by atoms with van der Waals surface area (Å²) in [6, 6.07) is 0. The summed E-state index contributed by atoms with van der Waals surface area (Å²) in [6.45, 7) is 3.29. The van der Waals surface area contributed by atoms with Crippen molar-refractivity contribution in [3.05, 3.63) is 24.0 Å². The van der Waals surface area contributed by atoms with Crippen molar-refractivity contribution >= 4 is 18.2 Å².